The van der Waals surface area contributed by atoms with Gasteiger partial charge < -0.3 is 15.8 Å². The minimum Gasteiger partial charge on any atom is -0.494 e. The van der Waals surface area contributed by atoms with Crippen molar-refractivity contribution in [2.45, 2.75) is 0 Å². The number of nitrogens with zero attached hydrogens (tertiary/aromatic N) is 1. The highest BCUT2D eigenvalue weighted by molar-refractivity contribution is 6.06. The van der Waals surface area contributed by atoms with E-state index < -0.39 is 11.7 Å². The molecule has 1 amide bonds. The third-order valence-electron chi connectivity index (χ3n) is 2.49. The van der Waals surface area contributed by atoms with Gasteiger partial charge in [0.15, 0.2) is 0 Å². The number of methoxy groups -OCH3 is 1. The van der Waals surface area contributed by atoms with Gasteiger partial charge in [0.25, 0.3) is 5.91 Å². The first-order valence-corrected chi connectivity index (χ1v) is 5.46. The van der Waals surface area contributed by atoms with Crippen LogP contribution in [0.2, 0.25) is 0 Å². The second kappa shape index (κ2) is 5.34. The lowest BCUT2D eigenvalue weighted by Gasteiger charge is -2.09. The minimum absolute atomic E-state index is 0.0538. The molecule has 0 saturated heterocycles. The maximum Gasteiger partial charge on any atom is 0.259 e. The van der Waals surface area contributed by atoms with Crippen molar-refractivity contribution in [1.82, 2.24) is 4.98 Å². The van der Waals surface area contributed by atoms with Crippen molar-refractivity contribution in [2.75, 3.05) is 18.2 Å². The molecule has 19 heavy (non-hydrogen) atoms. The van der Waals surface area contributed by atoms with Crippen molar-refractivity contribution >= 4 is 17.3 Å². The molecular formula is C13H12FN3O2. The van der Waals surface area contributed by atoms with Crippen LogP contribution in [0.4, 0.5) is 15.8 Å². The lowest BCUT2D eigenvalue weighted by atomic mass is 10.2. The third-order valence-corrected chi connectivity index (χ3v) is 2.49. The SMILES string of the molecule is COc1cnccc1C(=O)Nc1ccc(N)cc1F. The van der Waals surface area contributed by atoms with E-state index >= 15 is 0 Å². The van der Waals surface area contributed by atoms with Gasteiger partial charge in [-0.1, -0.05) is 0 Å². The molecule has 0 bridgehead atoms. The molecule has 6 heteroatoms. The molecule has 1 heterocycles. The summed E-state index contributed by atoms with van der Waals surface area (Å²) in [5, 5.41) is 2.45. The largest absolute Gasteiger partial charge is 0.494 e. The number of rotatable bonds is 3. The number of hydrogen-bond donors (Lipinski definition) is 2. The number of halogens is 1. The molecule has 0 aliphatic rings. The number of anilines is 2. The zero-order valence-electron chi connectivity index (χ0n) is 10.2. The van der Waals surface area contributed by atoms with E-state index in [9.17, 15) is 9.18 Å². The normalized spacial score (nSPS) is 10.0. The van der Waals surface area contributed by atoms with Crippen molar-refractivity contribution in [1.29, 1.82) is 0 Å². The Morgan fingerprint density at radius 2 is 2.21 bits per heavy atom. The summed E-state index contributed by atoms with van der Waals surface area (Å²) in [4.78, 5) is 15.9. The fraction of sp³-hybridized carbons (Fsp3) is 0.0769. The molecular weight excluding hydrogens is 249 g/mol. The van der Waals surface area contributed by atoms with Crippen molar-refractivity contribution in [2.24, 2.45) is 0 Å². The van der Waals surface area contributed by atoms with E-state index in [0.29, 0.717) is 5.75 Å². The Kier molecular flexibility index (Phi) is 3.61. The predicted molar refractivity (Wildman–Crippen MR) is 69.6 cm³/mol. The maximum absolute atomic E-state index is 13.6. The van der Waals surface area contributed by atoms with Gasteiger partial charge in [0.2, 0.25) is 0 Å². The molecule has 0 saturated carbocycles. The van der Waals surface area contributed by atoms with Crippen LogP contribution in [0.15, 0.2) is 36.7 Å². The van der Waals surface area contributed by atoms with E-state index in [2.05, 4.69) is 10.3 Å². The highest BCUT2D eigenvalue weighted by Gasteiger charge is 2.14. The van der Waals surface area contributed by atoms with Crippen molar-refractivity contribution in [3.8, 4) is 5.75 Å². The summed E-state index contributed by atoms with van der Waals surface area (Å²) in [5.41, 5.74) is 6.05. The Labute approximate surface area is 109 Å². The zero-order chi connectivity index (χ0) is 13.8. The van der Waals surface area contributed by atoms with Gasteiger partial charge in [-0.3, -0.25) is 9.78 Å². The van der Waals surface area contributed by atoms with Crippen molar-refractivity contribution < 1.29 is 13.9 Å². The molecule has 0 fully saturated rings. The van der Waals surface area contributed by atoms with Gasteiger partial charge in [0.1, 0.15) is 11.6 Å². The van der Waals surface area contributed by atoms with Gasteiger partial charge in [-0.2, -0.15) is 0 Å². The molecule has 0 radical (unpaired) electrons. The standard InChI is InChI=1S/C13H12FN3O2/c1-19-12-7-16-5-4-9(12)13(18)17-11-3-2-8(15)6-10(11)14/h2-7H,15H2,1H3,(H,17,18). The van der Waals surface area contributed by atoms with Crippen molar-refractivity contribution in [3.05, 3.63) is 48.0 Å². The minimum atomic E-state index is -0.596. The number of nitrogen functional groups attached to an aromatic ring is 1. The average Bonchev–Trinajstić information content (AvgIpc) is 2.41. The zero-order valence-corrected chi connectivity index (χ0v) is 10.2. The highest BCUT2D eigenvalue weighted by atomic mass is 19.1. The molecule has 98 valence electrons. The molecule has 5 nitrogen and oxygen atoms in total. The van der Waals surface area contributed by atoms with E-state index in [0.717, 1.165) is 6.07 Å². The molecule has 3 N–H and O–H groups in total. The second-order valence-electron chi connectivity index (χ2n) is 3.77. The number of carbonyl (C=O) groups excluding carboxylic acids is 1. The highest BCUT2D eigenvalue weighted by Crippen LogP contribution is 2.20. The van der Waals surface area contributed by atoms with E-state index in [1.807, 2.05) is 0 Å². The second-order valence-corrected chi connectivity index (χ2v) is 3.77. The summed E-state index contributed by atoms with van der Waals surface area (Å²) in [6, 6.07) is 5.53. The summed E-state index contributed by atoms with van der Waals surface area (Å²) in [6.07, 6.45) is 2.87. The first kappa shape index (κ1) is 12.8. The van der Waals surface area contributed by atoms with Crippen LogP contribution in [0, 0.1) is 5.82 Å². The molecule has 0 aliphatic carbocycles. The van der Waals surface area contributed by atoms with Crippen LogP contribution >= 0.6 is 0 Å². The van der Waals surface area contributed by atoms with Gasteiger partial charge >= 0.3 is 0 Å². The van der Waals surface area contributed by atoms with E-state index in [4.69, 9.17) is 10.5 Å². The summed E-state index contributed by atoms with van der Waals surface area (Å²) in [5.74, 6) is -0.764. The van der Waals surface area contributed by atoms with Gasteiger partial charge in [-0.15, -0.1) is 0 Å². The quantitative estimate of drug-likeness (QED) is 0.829. The smallest absolute Gasteiger partial charge is 0.259 e. The molecule has 1 aromatic carbocycles. The van der Waals surface area contributed by atoms with Crippen LogP contribution in [0.3, 0.4) is 0 Å². The first-order valence-electron chi connectivity index (χ1n) is 5.46. The lowest BCUT2D eigenvalue weighted by Crippen LogP contribution is -2.14. The fourth-order valence-corrected chi connectivity index (χ4v) is 1.55. The Balaban J connectivity index is 2.26. The molecule has 0 aliphatic heterocycles. The van der Waals surface area contributed by atoms with Gasteiger partial charge in [-0.25, -0.2) is 4.39 Å². The molecule has 1 aromatic heterocycles. The fourth-order valence-electron chi connectivity index (χ4n) is 1.55. The number of amides is 1. The summed E-state index contributed by atoms with van der Waals surface area (Å²) in [7, 11) is 1.43. The van der Waals surface area contributed by atoms with E-state index in [1.165, 1.54) is 37.7 Å². The Hall–Kier alpha value is -2.63. The molecule has 2 aromatic rings. The van der Waals surface area contributed by atoms with Crippen LogP contribution in [0.5, 0.6) is 5.75 Å². The maximum atomic E-state index is 13.6. The van der Waals surface area contributed by atoms with E-state index in [-0.39, 0.29) is 16.9 Å². The average molecular weight is 261 g/mol. The van der Waals surface area contributed by atoms with Gasteiger partial charge in [-0.05, 0) is 24.3 Å². The third kappa shape index (κ3) is 2.79. The van der Waals surface area contributed by atoms with E-state index in [1.54, 1.807) is 0 Å². The summed E-state index contributed by atoms with van der Waals surface area (Å²) < 4.78 is 18.6. The molecule has 2 rings (SSSR count). The number of ether oxygens (including phenoxy) is 1. The number of nitrogens with one attached hydrogen (secondary N) is 1. The number of hydrogen-bond acceptors (Lipinski definition) is 4. The number of nitrogens with two attached hydrogens (primary N) is 1. The van der Waals surface area contributed by atoms with Gasteiger partial charge in [0, 0.05) is 11.9 Å². The number of pyridine rings is 1. The Morgan fingerprint density at radius 1 is 1.42 bits per heavy atom. The van der Waals surface area contributed by atoms with Crippen LogP contribution in [0.25, 0.3) is 0 Å². The monoisotopic (exact) mass is 261 g/mol. The topological polar surface area (TPSA) is 77.2 Å². The number of carbonyl (C=O) groups is 1. The lowest BCUT2D eigenvalue weighted by molar-refractivity contribution is 0.102. The predicted octanol–water partition coefficient (Wildman–Crippen LogP) is 2.06. The number of benzene rings is 1. The van der Waals surface area contributed by atoms with Crippen molar-refractivity contribution in [3.63, 3.8) is 0 Å². The van der Waals surface area contributed by atoms with Crippen LogP contribution in [0.1, 0.15) is 10.4 Å². The molecule has 0 unspecified atom stereocenters. The van der Waals surface area contributed by atoms with Crippen LogP contribution in [-0.2, 0) is 0 Å². The molecule has 0 atom stereocenters. The summed E-state index contributed by atoms with van der Waals surface area (Å²) in [6.45, 7) is 0. The summed E-state index contributed by atoms with van der Waals surface area (Å²) >= 11 is 0. The Bertz CT molecular complexity index is 617. The van der Waals surface area contributed by atoms with Crippen LogP contribution < -0.4 is 15.8 Å². The number of aromatic nitrogens is 1. The Morgan fingerprint density at radius 3 is 2.89 bits per heavy atom. The molecule has 0 spiro atoms. The first-order chi connectivity index (χ1) is 9.11. The van der Waals surface area contributed by atoms with Crippen LogP contribution in [-0.4, -0.2) is 18.0 Å². The van der Waals surface area contributed by atoms with Gasteiger partial charge in [0.05, 0.1) is 24.6 Å².